The number of alkyl halides is 3. The van der Waals surface area contributed by atoms with E-state index in [0.29, 0.717) is 5.56 Å². The molecule has 0 radical (unpaired) electrons. The number of benzene rings is 1. The fourth-order valence-electron chi connectivity index (χ4n) is 4.62. The summed E-state index contributed by atoms with van der Waals surface area (Å²) in [6, 6.07) is 9.19. The lowest BCUT2D eigenvalue weighted by Crippen LogP contribution is -2.66. The molecule has 9 heteroatoms. The molecule has 1 N–H and O–H groups in total. The van der Waals surface area contributed by atoms with Gasteiger partial charge in [-0.2, -0.15) is 13.2 Å². The van der Waals surface area contributed by atoms with Crippen LogP contribution in [-0.2, 0) is 16.1 Å². The van der Waals surface area contributed by atoms with Crippen LogP contribution in [0.1, 0.15) is 48.4 Å². The quantitative estimate of drug-likeness (QED) is 0.738. The van der Waals surface area contributed by atoms with Gasteiger partial charge in [-0.15, -0.1) is 0 Å². The minimum absolute atomic E-state index is 0.0100. The Bertz CT molecular complexity index is 1160. The van der Waals surface area contributed by atoms with Crippen LogP contribution < -0.4 is 5.32 Å². The Balaban J connectivity index is 1.89. The maximum absolute atomic E-state index is 14.8. The monoisotopic (exact) mass is 460 g/mol. The predicted octanol–water partition coefficient (Wildman–Crippen LogP) is 4.30. The molecule has 2 heterocycles. The number of allylic oxidation sites excluding steroid dienone is 1. The van der Waals surface area contributed by atoms with Crippen molar-refractivity contribution in [3.63, 3.8) is 0 Å². The smallest absolute Gasteiger partial charge is 0.425 e. The molecule has 1 aliphatic carbocycles. The van der Waals surface area contributed by atoms with Crippen LogP contribution in [0.2, 0.25) is 0 Å². The summed E-state index contributed by atoms with van der Waals surface area (Å²) in [5.74, 6) is -3.04. The van der Waals surface area contributed by atoms with Crippen molar-refractivity contribution in [2.45, 2.75) is 51.9 Å². The number of Topliss-reactive ketones (excluding diaryl/α,β-unsaturated/α-hetero) is 1. The van der Waals surface area contributed by atoms with Gasteiger partial charge in [-0.3, -0.25) is 14.4 Å². The van der Waals surface area contributed by atoms with E-state index in [4.69, 9.17) is 4.42 Å². The first kappa shape index (κ1) is 22.8. The third-order valence-electron chi connectivity index (χ3n) is 6.13. The van der Waals surface area contributed by atoms with Crippen molar-refractivity contribution < 1.29 is 32.0 Å². The molecule has 0 saturated carbocycles. The first-order valence-electron chi connectivity index (χ1n) is 10.4. The number of hydrogen-bond donors (Lipinski definition) is 1. The van der Waals surface area contributed by atoms with Gasteiger partial charge in [0.1, 0.15) is 5.76 Å². The molecule has 1 aromatic heterocycles. The number of nitrogens with one attached hydrogen (secondary N) is 1. The number of aryl methyl sites for hydroxylation is 1. The second-order valence-electron chi connectivity index (χ2n) is 9.25. The zero-order valence-corrected chi connectivity index (χ0v) is 18.4. The third kappa shape index (κ3) is 3.65. The van der Waals surface area contributed by atoms with Gasteiger partial charge in [0.05, 0.1) is 18.4 Å². The lowest BCUT2D eigenvalue weighted by Gasteiger charge is -2.35. The van der Waals surface area contributed by atoms with Crippen molar-refractivity contribution in [3.8, 4) is 0 Å². The summed E-state index contributed by atoms with van der Waals surface area (Å²) in [6.45, 7) is 4.80. The Morgan fingerprint density at radius 1 is 1.12 bits per heavy atom. The minimum Gasteiger partial charge on any atom is -0.467 e. The van der Waals surface area contributed by atoms with Crippen LogP contribution in [0.15, 0.2) is 58.3 Å². The second-order valence-corrected chi connectivity index (χ2v) is 9.25. The van der Waals surface area contributed by atoms with Gasteiger partial charge >= 0.3 is 6.18 Å². The molecular formula is C24H23F3N2O4. The average Bonchev–Trinajstić information content (AvgIpc) is 3.28. The zero-order valence-electron chi connectivity index (χ0n) is 18.4. The highest BCUT2D eigenvalue weighted by molar-refractivity contribution is 6.14. The number of amides is 2. The largest absolute Gasteiger partial charge is 0.467 e. The van der Waals surface area contributed by atoms with E-state index >= 15 is 0 Å². The van der Waals surface area contributed by atoms with Crippen LogP contribution in [-0.4, -0.2) is 34.2 Å². The van der Waals surface area contributed by atoms with Crippen LogP contribution in [0.25, 0.3) is 0 Å². The first-order chi connectivity index (χ1) is 15.4. The maximum atomic E-state index is 14.8. The fourth-order valence-corrected chi connectivity index (χ4v) is 4.62. The first-order valence-corrected chi connectivity index (χ1v) is 10.4. The molecular weight excluding hydrogens is 437 g/mol. The van der Waals surface area contributed by atoms with Gasteiger partial charge in [-0.1, -0.05) is 32.0 Å². The standard InChI is InChI=1S/C24H23F3N2O4/c1-14-7-4-5-9-16(14)20(31)28-23(24(25,26)27)19-17(11-22(2,3)12-18(19)30)29(21(23)32)13-15-8-6-10-33-15/h4-10H,11-13H2,1-3H3,(H,28,31)/t23-/m0/s1. The molecule has 2 aliphatic rings. The van der Waals surface area contributed by atoms with Crippen molar-refractivity contribution in [3.05, 3.63) is 70.8 Å². The normalized spacial score (nSPS) is 22.5. The van der Waals surface area contributed by atoms with E-state index < -0.39 is 40.3 Å². The number of carbonyl (C=O) groups is 3. The predicted molar refractivity (Wildman–Crippen MR) is 112 cm³/mol. The molecule has 4 rings (SSSR count). The van der Waals surface area contributed by atoms with Gasteiger partial charge in [-0.05, 0) is 42.5 Å². The van der Waals surface area contributed by atoms with Crippen molar-refractivity contribution in [1.82, 2.24) is 10.2 Å². The lowest BCUT2D eigenvalue weighted by molar-refractivity contribution is -0.191. The molecule has 174 valence electrons. The highest BCUT2D eigenvalue weighted by atomic mass is 19.4. The Morgan fingerprint density at radius 3 is 2.42 bits per heavy atom. The number of halogens is 3. The topological polar surface area (TPSA) is 79.6 Å². The molecule has 1 atom stereocenters. The van der Waals surface area contributed by atoms with Crippen LogP contribution in [0.5, 0.6) is 0 Å². The SMILES string of the molecule is Cc1ccccc1C(=O)N[C@]1(C(F)(F)F)C(=O)N(Cc2ccco2)C2=C1C(=O)CC(C)(C)C2. The Kier molecular flexibility index (Phi) is 5.26. The van der Waals surface area contributed by atoms with Gasteiger partial charge in [0.15, 0.2) is 5.78 Å². The van der Waals surface area contributed by atoms with Gasteiger partial charge in [0, 0.05) is 17.7 Å². The van der Waals surface area contributed by atoms with Crippen LogP contribution in [0.4, 0.5) is 13.2 Å². The Hall–Kier alpha value is -3.36. The number of ketones is 1. The molecule has 0 bridgehead atoms. The van der Waals surface area contributed by atoms with E-state index in [0.717, 1.165) is 4.90 Å². The molecule has 0 fully saturated rings. The molecule has 6 nitrogen and oxygen atoms in total. The van der Waals surface area contributed by atoms with E-state index in [-0.39, 0.29) is 36.4 Å². The van der Waals surface area contributed by atoms with Crippen LogP contribution >= 0.6 is 0 Å². The average molecular weight is 460 g/mol. The molecule has 0 spiro atoms. The number of furan rings is 1. The molecule has 2 aromatic rings. The van der Waals surface area contributed by atoms with Crippen molar-refractivity contribution in [2.75, 3.05) is 0 Å². The summed E-state index contributed by atoms with van der Waals surface area (Å²) < 4.78 is 49.5. The summed E-state index contributed by atoms with van der Waals surface area (Å²) in [5, 5.41) is 1.94. The van der Waals surface area contributed by atoms with E-state index in [1.165, 1.54) is 24.5 Å². The van der Waals surface area contributed by atoms with Crippen molar-refractivity contribution in [2.24, 2.45) is 5.41 Å². The van der Waals surface area contributed by atoms with Gasteiger partial charge in [-0.25, -0.2) is 0 Å². The molecule has 33 heavy (non-hydrogen) atoms. The van der Waals surface area contributed by atoms with E-state index in [1.807, 2.05) is 5.32 Å². The number of hydrogen-bond acceptors (Lipinski definition) is 4. The van der Waals surface area contributed by atoms with Crippen molar-refractivity contribution >= 4 is 17.6 Å². The molecule has 1 aliphatic heterocycles. The molecule has 2 amide bonds. The van der Waals surface area contributed by atoms with Gasteiger partial charge in [0.25, 0.3) is 11.8 Å². The van der Waals surface area contributed by atoms with E-state index in [9.17, 15) is 27.6 Å². The highest BCUT2D eigenvalue weighted by Gasteiger charge is 2.71. The Labute approximate surface area is 188 Å². The fraction of sp³-hybridized carbons (Fsp3) is 0.375. The van der Waals surface area contributed by atoms with Gasteiger partial charge in [0.2, 0.25) is 5.54 Å². The molecule has 0 saturated heterocycles. The van der Waals surface area contributed by atoms with E-state index in [1.54, 1.807) is 39.0 Å². The highest BCUT2D eigenvalue weighted by Crippen LogP contribution is 2.52. The molecule has 1 aromatic carbocycles. The van der Waals surface area contributed by atoms with Crippen LogP contribution in [0, 0.1) is 12.3 Å². The Morgan fingerprint density at radius 2 is 1.82 bits per heavy atom. The number of carbonyl (C=O) groups excluding carboxylic acids is 3. The van der Waals surface area contributed by atoms with E-state index in [2.05, 4.69) is 0 Å². The minimum atomic E-state index is -5.25. The summed E-state index contributed by atoms with van der Waals surface area (Å²) in [4.78, 5) is 40.6. The number of nitrogens with zero attached hydrogens (tertiary/aromatic N) is 1. The second kappa shape index (κ2) is 7.60. The molecule has 0 unspecified atom stereocenters. The summed E-state index contributed by atoms with van der Waals surface area (Å²) in [6.07, 6.45) is -4.01. The lowest BCUT2D eigenvalue weighted by atomic mass is 9.72. The summed E-state index contributed by atoms with van der Waals surface area (Å²) >= 11 is 0. The zero-order chi connectivity index (χ0) is 24.2. The van der Waals surface area contributed by atoms with Crippen molar-refractivity contribution in [1.29, 1.82) is 0 Å². The summed E-state index contributed by atoms with van der Waals surface area (Å²) in [7, 11) is 0. The van der Waals surface area contributed by atoms with Crippen LogP contribution in [0.3, 0.4) is 0 Å². The summed E-state index contributed by atoms with van der Waals surface area (Å²) in [5.41, 5.74) is -4.42. The van der Waals surface area contributed by atoms with Gasteiger partial charge < -0.3 is 14.6 Å². The maximum Gasteiger partial charge on any atom is 0.425 e. The number of rotatable bonds is 4. The third-order valence-corrected chi connectivity index (χ3v) is 6.13.